The van der Waals surface area contributed by atoms with Crippen LogP contribution in [-0.4, -0.2) is 16.8 Å². The summed E-state index contributed by atoms with van der Waals surface area (Å²) < 4.78 is 0. The molecule has 0 aliphatic heterocycles. The Labute approximate surface area is 90.0 Å². The molecule has 3 nitrogen and oxygen atoms in total. The van der Waals surface area contributed by atoms with Crippen molar-refractivity contribution in [2.45, 2.75) is 19.1 Å². The van der Waals surface area contributed by atoms with E-state index >= 15 is 0 Å². The van der Waals surface area contributed by atoms with Gasteiger partial charge in [-0.1, -0.05) is 24.3 Å². The van der Waals surface area contributed by atoms with Gasteiger partial charge < -0.3 is 15.9 Å². The van der Waals surface area contributed by atoms with Crippen LogP contribution in [0.3, 0.4) is 0 Å². The molecule has 0 spiro atoms. The molecule has 0 aliphatic rings. The fourth-order valence-corrected chi connectivity index (χ4v) is 1.12. The molecule has 0 saturated heterocycles. The number of benzene rings is 1. The van der Waals surface area contributed by atoms with E-state index in [0.717, 1.165) is 11.1 Å². The van der Waals surface area contributed by atoms with E-state index in [4.69, 9.17) is 15.9 Å². The molecule has 1 aromatic carbocycles. The van der Waals surface area contributed by atoms with Crippen LogP contribution in [0.15, 0.2) is 24.3 Å². The maximum atomic E-state index is 9.02. The summed E-state index contributed by atoms with van der Waals surface area (Å²) in [6.45, 7) is 1.64. The lowest BCUT2D eigenvalue weighted by atomic mass is 9.93. The molecule has 0 amide bonds. The van der Waals surface area contributed by atoms with Crippen molar-refractivity contribution in [2.75, 3.05) is 6.61 Å². The van der Waals surface area contributed by atoms with E-state index < -0.39 is 5.54 Å². The Morgan fingerprint density at radius 3 is 2.50 bits per heavy atom. The normalized spacial score (nSPS) is 14.3. The summed E-state index contributed by atoms with van der Waals surface area (Å²) in [5.74, 6) is 0. The smallest absolute Gasteiger partial charge is 0.0681 e. The van der Waals surface area contributed by atoms with Crippen molar-refractivity contribution in [3.05, 3.63) is 35.4 Å². The summed E-state index contributed by atoms with van der Waals surface area (Å²) in [5.41, 5.74) is 6.74. The van der Waals surface area contributed by atoms with Crippen LogP contribution in [0.4, 0.5) is 0 Å². The van der Waals surface area contributed by atoms with Crippen molar-refractivity contribution in [3.63, 3.8) is 0 Å². The lowest BCUT2D eigenvalue weighted by molar-refractivity contribution is 0.209. The number of aliphatic hydroxyl groups is 2. The van der Waals surface area contributed by atoms with Gasteiger partial charge in [-0.2, -0.15) is 0 Å². The Kier molecular flexibility index (Phi) is 5.08. The van der Waals surface area contributed by atoms with Crippen molar-refractivity contribution >= 4 is 12.4 Å². The fourth-order valence-electron chi connectivity index (χ4n) is 1.12. The quantitative estimate of drug-likeness (QED) is 0.701. The minimum absolute atomic E-state index is 0. The molecule has 14 heavy (non-hydrogen) atoms. The van der Waals surface area contributed by atoms with Crippen molar-refractivity contribution in [1.29, 1.82) is 0 Å². The van der Waals surface area contributed by atoms with Gasteiger partial charge in [0, 0.05) is 0 Å². The number of nitrogens with two attached hydrogens (primary N) is 1. The van der Waals surface area contributed by atoms with Crippen LogP contribution in [0.1, 0.15) is 18.1 Å². The van der Waals surface area contributed by atoms with Crippen LogP contribution in [0.2, 0.25) is 0 Å². The second-order valence-corrected chi connectivity index (χ2v) is 3.43. The first-order chi connectivity index (χ1) is 6.10. The van der Waals surface area contributed by atoms with Crippen molar-refractivity contribution in [2.24, 2.45) is 5.73 Å². The lowest BCUT2D eigenvalue weighted by Gasteiger charge is -2.22. The predicted molar refractivity (Wildman–Crippen MR) is 58.2 cm³/mol. The van der Waals surface area contributed by atoms with E-state index in [1.807, 2.05) is 18.2 Å². The van der Waals surface area contributed by atoms with Gasteiger partial charge in [0.25, 0.3) is 0 Å². The Balaban J connectivity index is 0.00000169. The van der Waals surface area contributed by atoms with Crippen LogP contribution in [0, 0.1) is 0 Å². The van der Waals surface area contributed by atoms with Gasteiger partial charge >= 0.3 is 0 Å². The molecule has 4 N–H and O–H groups in total. The number of hydrogen-bond acceptors (Lipinski definition) is 3. The number of rotatable bonds is 3. The second kappa shape index (κ2) is 5.32. The molecule has 0 radical (unpaired) electrons. The third-order valence-corrected chi connectivity index (χ3v) is 2.10. The highest BCUT2D eigenvalue weighted by Gasteiger charge is 2.19. The molecule has 1 aromatic rings. The van der Waals surface area contributed by atoms with Gasteiger partial charge in [0.2, 0.25) is 0 Å². The molecule has 0 bridgehead atoms. The minimum Gasteiger partial charge on any atom is -0.394 e. The van der Waals surface area contributed by atoms with Crippen LogP contribution < -0.4 is 5.73 Å². The molecular weight excluding hydrogens is 202 g/mol. The zero-order valence-corrected chi connectivity index (χ0v) is 8.92. The highest BCUT2D eigenvalue weighted by molar-refractivity contribution is 5.85. The molecule has 1 rings (SSSR count). The van der Waals surface area contributed by atoms with E-state index in [1.54, 1.807) is 13.0 Å². The minimum atomic E-state index is -0.731. The van der Waals surface area contributed by atoms with Gasteiger partial charge in [0.05, 0.1) is 18.8 Å². The summed E-state index contributed by atoms with van der Waals surface area (Å²) in [5, 5.41) is 17.9. The summed E-state index contributed by atoms with van der Waals surface area (Å²) in [6, 6.07) is 7.28. The average Bonchev–Trinajstić information content (AvgIpc) is 2.18. The van der Waals surface area contributed by atoms with Crippen LogP contribution in [-0.2, 0) is 12.1 Å². The molecule has 0 aromatic heterocycles. The van der Waals surface area contributed by atoms with Crippen LogP contribution in [0.5, 0.6) is 0 Å². The summed E-state index contributed by atoms with van der Waals surface area (Å²) in [4.78, 5) is 0. The van der Waals surface area contributed by atoms with Crippen LogP contribution in [0.25, 0.3) is 0 Å². The van der Waals surface area contributed by atoms with Gasteiger partial charge in [0.15, 0.2) is 0 Å². The van der Waals surface area contributed by atoms with Crippen LogP contribution >= 0.6 is 12.4 Å². The Morgan fingerprint density at radius 2 is 2.00 bits per heavy atom. The average molecular weight is 218 g/mol. The molecule has 0 aliphatic carbocycles. The maximum absolute atomic E-state index is 9.02. The van der Waals surface area contributed by atoms with Crippen molar-refractivity contribution < 1.29 is 10.2 Å². The van der Waals surface area contributed by atoms with E-state index in [-0.39, 0.29) is 25.6 Å². The highest BCUT2D eigenvalue weighted by Crippen LogP contribution is 2.18. The monoisotopic (exact) mass is 217 g/mol. The second-order valence-electron chi connectivity index (χ2n) is 3.43. The van der Waals surface area contributed by atoms with Gasteiger partial charge in [0.1, 0.15) is 0 Å². The van der Waals surface area contributed by atoms with Gasteiger partial charge in [-0.15, -0.1) is 12.4 Å². The first kappa shape index (κ1) is 13.4. The molecular formula is C10H16ClNO2. The summed E-state index contributed by atoms with van der Waals surface area (Å²) in [7, 11) is 0. The third kappa shape index (κ3) is 2.96. The van der Waals surface area contributed by atoms with Gasteiger partial charge in [-0.25, -0.2) is 0 Å². The van der Waals surface area contributed by atoms with Gasteiger partial charge in [-0.3, -0.25) is 0 Å². The van der Waals surface area contributed by atoms with E-state index in [1.165, 1.54) is 0 Å². The third-order valence-electron chi connectivity index (χ3n) is 2.10. The molecule has 0 fully saturated rings. The number of aliphatic hydroxyl groups excluding tert-OH is 2. The zero-order valence-electron chi connectivity index (χ0n) is 8.10. The molecule has 0 saturated carbocycles. The first-order valence-corrected chi connectivity index (χ1v) is 4.20. The molecule has 80 valence electrons. The van der Waals surface area contributed by atoms with E-state index in [9.17, 15) is 0 Å². The number of hydrogen-bond donors (Lipinski definition) is 3. The highest BCUT2D eigenvalue weighted by atomic mass is 35.5. The largest absolute Gasteiger partial charge is 0.394 e. The molecule has 0 heterocycles. The maximum Gasteiger partial charge on any atom is 0.0681 e. The first-order valence-electron chi connectivity index (χ1n) is 4.20. The van der Waals surface area contributed by atoms with E-state index in [2.05, 4.69) is 0 Å². The Hall–Kier alpha value is -0.610. The fraction of sp³-hybridized carbons (Fsp3) is 0.400. The van der Waals surface area contributed by atoms with Crippen molar-refractivity contribution in [3.8, 4) is 0 Å². The Morgan fingerprint density at radius 1 is 1.36 bits per heavy atom. The van der Waals surface area contributed by atoms with E-state index in [0.29, 0.717) is 0 Å². The molecule has 4 heteroatoms. The lowest BCUT2D eigenvalue weighted by Crippen LogP contribution is -2.36. The topological polar surface area (TPSA) is 66.5 Å². The standard InChI is InChI=1S/C10H15NO2.ClH/c1-10(11,7-13)9-4-2-3-8(5-9)6-12;/h2-5,12-13H,6-7,11H2,1H3;1H/t10-;/m0./s1. The van der Waals surface area contributed by atoms with Gasteiger partial charge in [-0.05, 0) is 18.1 Å². The zero-order chi connectivity index (χ0) is 9.90. The summed E-state index contributed by atoms with van der Waals surface area (Å²) >= 11 is 0. The number of halogens is 1. The molecule has 0 unspecified atom stereocenters. The SMILES string of the molecule is C[C@](N)(CO)c1cccc(CO)c1.Cl. The predicted octanol–water partition coefficient (Wildman–Crippen LogP) is 0.767. The molecule has 1 atom stereocenters. The Bertz CT molecular complexity index is 289. The summed E-state index contributed by atoms with van der Waals surface area (Å²) in [6.07, 6.45) is 0. The van der Waals surface area contributed by atoms with Crippen molar-refractivity contribution in [1.82, 2.24) is 0 Å².